The second-order valence-corrected chi connectivity index (χ2v) is 6.06. The van der Waals surface area contributed by atoms with Gasteiger partial charge in [-0.15, -0.1) is 0 Å². The van der Waals surface area contributed by atoms with Crippen molar-refractivity contribution in [3.8, 4) is 0 Å². The molecule has 0 aromatic heterocycles. The van der Waals surface area contributed by atoms with Crippen molar-refractivity contribution in [3.63, 3.8) is 0 Å². The maximum Gasteiger partial charge on any atom is 0.0474 e. The second-order valence-electron chi connectivity index (χ2n) is 5.63. The van der Waals surface area contributed by atoms with Crippen LogP contribution in [0.25, 0.3) is 0 Å². The van der Waals surface area contributed by atoms with Crippen LogP contribution in [-0.2, 0) is 0 Å². The number of hydrogen-bond donors (Lipinski definition) is 1. The minimum absolute atomic E-state index is 0.304. The molecule has 2 N–H and O–H groups in total. The van der Waals surface area contributed by atoms with Crippen LogP contribution < -0.4 is 5.73 Å². The molecule has 1 fully saturated rings. The number of nitrogens with two attached hydrogens (primary N) is 1. The Labute approximate surface area is 115 Å². The molecule has 2 nitrogen and oxygen atoms in total. The van der Waals surface area contributed by atoms with Crippen LogP contribution in [0.2, 0.25) is 5.02 Å². The van der Waals surface area contributed by atoms with Gasteiger partial charge in [0.05, 0.1) is 0 Å². The van der Waals surface area contributed by atoms with Crippen molar-refractivity contribution in [2.75, 3.05) is 13.1 Å². The fourth-order valence-electron chi connectivity index (χ4n) is 2.54. The summed E-state index contributed by atoms with van der Waals surface area (Å²) in [6.45, 7) is 6.30. The van der Waals surface area contributed by atoms with Gasteiger partial charge in [-0.05, 0) is 36.5 Å². The number of hydrogen-bond acceptors (Lipinski definition) is 2. The van der Waals surface area contributed by atoms with Crippen LogP contribution in [0, 0.1) is 5.92 Å². The molecule has 1 aromatic carbocycles. The number of nitrogens with zero attached hydrogens (tertiary/aromatic N) is 1. The molecule has 0 saturated heterocycles. The van der Waals surface area contributed by atoms with E-state index in [2.05, 4.69) is 30.9 Å². The summed E-state index contributed by atoms with van der Waals surface area (Å²) in [5.41, 5.74) is 7.26. The molecule has 0 amide bonds. The zero-order valence-corrected chi connectivity index (χ0v) is 12.0. The highest BCUT2D eigenvalue weighted by Gasteiger charge is 2.34. The summed E-state index contributed by atoms with van der Waals surface area (Å²) in [5.74, 6) is 0.666. The number of benzene rings is 1. The van der Waals surface area contributed by atoms with Gasteiger partial charge in [0.15, 0.2) is 0 Å². The molecule has 18 heavy (non-hydrogen) atoms. The maximum atomic E-state index is 6.09. The third-order valence-corrected chi connectivity index (χ3v) is 3.68. The highest BCUT2D eigenvalue weighted by Crippen LogP contribution is 2.35. The second kappa shape index (κ2) is 6.05. The lowest BCUT2D eigenvalue weighted by Gasteiger charge is -2.33. The first-order valence-electron chi connectivity index (χ1n) is 6.83. The lowest BCUT2D eigenvalue weighted by molar-refractivity contribution is 0.169. The van der Waals surface area contributed by atoms with Crippen LogP contribution >= 0.6 is 11.6 Å². The van der Waals surface area contributed by atoms with Crippen LogP contribution in [-0.4, -0.2) is 24.0 Å². The van der Waals surface area contributed by atoms with Gasteiger partial charge >= 0.3 is 0 Å². The summed E-state index contributed by atoms with van der Waals surface area (Å²) < 4.78 is 0. The molecule has 1 aliphatic rings. The Morgan fingerprint density at radius 2 is 2.11 bits per heavy atom. The van der Waals surface area contributed by atoms with Crippen LogP contribution in [0.3, 0.4) is 0 Å². The molecule has 2 rings (SSSR count). The van der Waals surface area contributed by atoms with Gasteiger partial charge in [0.25, 0.3) is 0 Å². The average molecular weight is 267 g/mol. The summed E-state index contributed by atoms with van der Waals surface area (Å²) in [5, 5.41) is 0.797. The third kappa shape index (κ3) is 3.47. The average Bonchev–Trinajstić information content (AvgIpc) is 3.12. The monoisotopic (exact) mass is 266 g/mol. The van der Waals surface area contributed by atoms with Gasteiger partial charge < -0.3 is 5.73 Å². The van der Waals surface area contributed by atoms with Crippen LogP contribution in [0.5, 0.6) is 0 Å². The fraction of sp³-hybridized carbons (Fsp3) is 0.600. The normalized spacial score (nSPS) is 17.4. The Bertz CT molecular complexity index is 388. The van der Waals surface area contributed by atoms with Crippen molar-refractivity contribution in [1.82, 2.24) is 4.90 Å². The summed E-state index contributed by atoms with van der Waals surface area (Å²) in [6, 6.07) is 9.15. The van der Waals surface area contributed by atoms with Crippen LogP contribution in [0.4, 0.5) is 0 Å². The van der Waals surface area contributed by atoms with Crippen molar-refractivity contribution < 1.29 is 0 Å². The van der Waals surface area contributed by atoms with E-state index >= 15 is 0 Å². The molecule has 0 heterocycles. The van der Waals surface area contributed by atoms with Crippen molar-refractivity contribution in [3.05, 3.63) is 34.9 Å². The molecule has 1 aliphatic carbocycles. The molecule has 3 heteroatoms. The largest absolute Gasteiger partial charge is 0.329 e. The Morgan fingerprint density at radius 1 is 1.39 bits per heavy atom. The predicted octanol–water partition coefficient (Wildman–Crippen LogP) is 3.46. The maximum absolute atomic E-state index is 6.09. The van der Waals surface area contributed by atoms with Crippen molar-refractivity contribution >= 4 is 11.6 Å². The summed E-state index contributed by atoms with van der Waals surface area (Å²) in [4.78, 5) is 2.57. The molecular formula is C15H23ClN2. The molecule has 1 atom stereocenters. The van der Waals surface area contributed by atoms with E-state index in [1.54, 1.807) is 0 Å². The molecular weight excluding hydrogens is 244 g/mol. The summed E-state index contributed by atoms with van der Waals surface area (Å²) >= 11 is 6.09. The third-order valence-electron chi connectivity index (χ3n) is 3.45. The smallest absolute Gasteiger partial charge is 0.0474 e. The zero-order chi connectivity index (χ0) is 13.1. The quantitative estimate of drug-likeness (QED) is 0.854. The Kier molecular flexibility index (Phi) is 4.66. The SMILES string of the molecule is CC(C)CN(C1CC1)C(CN)c1cccc(Cl)c1. The Hall–Kier alpha value is -0.570. The molecule has 1 aromatic rings. The minimum atomic E-state index is 0.304. The fourth-order valence-corrected chi connectivity index (χ4v) is 2.73. The standard InChI is InChI=1S/C15H23ClN2/c1-11(2)10-18(14-6-7-14)15(9-17)12-4-3-5-13(16)8-12/h3-5,8,11,14-15H,6-7,9-10,17H2,1-2H3. The number of halogens is 1. The summed E-state index contributed by atoms with van der Waals surface area (Å²) in [7, 11) is 0. The number of rotatable bonds is 6. The molecule has 0 bridgehead atoms. The van der Waals surface area contributed by atoms with E-state index < -0.39 is 0 Å². The lowest BCUT2D eigenvalue weighted by atomic mass is 10.0. The van der Waals surface area contributed by atoms with Gasteiger partial charge in [-0.2, -0.15) is 0 Å². The molecule has 100 valence electrons. The first kappa shape index (κ1) is 13.9. The van der Waals surface area contributed by atoms with Gasteiger partial charge in [-0.3, -0.25) is 4.90 Å². The molecule has 0 aliphatic heterocycles. The van der Waals surface area contributed by atoms with E-state index in [4.69, 9.17) is 17.3 Å². The van der Waals surface area contributed by atoms with E-state index in [-0.39, 0.29) is 0 Å². The lowest BCUT2D eigenvalue weighted by Crippen LogP contribution is -2.38. The molecule has 1 unspecified atom stereocenters. The van der Waals surface area contributed by atoms with E-state index in [9.17, 15) is 0 Å². The van der Waals surface area contributed by atoms with Crippen molar-refractivity contribution in [2.24, 2.45) is 11.7 Å². The van der Waals surface area contributed by atoms with Gasteiger partial charge in [-0.1, -0.05) is 37.6 Å². The van der Waals surface area contributed by atoms with Crippen LogP contribution in [0.1, 0.15) is 38.3 Å². The van der Waals surface area contributed by atoms with E-state index in [0.717, 1.165) is 17.6 Å². The van der Waals surface area contributed by atoms with Crippen LogP contribution in [0.15, 0.2) is 24.3 Å². The van der Waals surface area contributed by atoms with Gasteiger partial charge in [0.2, 0.25) is 0 Å². The van der Waals surface area contributed by atoms with Gasteiger partial charge in [0.1, 0.15) is 0 Å². The minimum Gasteiger partial charge on any atom is -0.329 e. The first-order valence-corrected chi connectivity index (χ1v) is 7.21. The van der Waals surface area contributed by atoms with Gasteiger partial charge in [0, 0.05) is 30.2 Å². The molecule has 1 saturated carbocycles. The highest BCUT2D eigenvalue weighted by molar-refractivity contribution is 6.30. The first-order chi connectivity index (χ1) is 8.61. The van der Waals surface area contributed by atoms with E-state index in [1.165, 1.54) is 18.4 Å². The van der Waals surface area contributed by atoms with E-state index in [1.807, 2.05) is 12.1 Å². The predicted molar refractivity (Wildman–Crippen MR) is 77.8 cm³/mol. The van der Waals surface area contributed by atoms with Crippen molar-refractivity contribution in [2.45, 2.75) is 38.8 Å². The Morgan fingerprint density at radius 3 is 2.61 bits per heavy atom. The van der Waals surface area contributed by atoms with Gasteiger partial charge in [-0.25, -0.2) is 0 Å². The summed E-state index contributed by atoms with van der Waals surface area (Å²) in [6.07, 6.45) is 2.62. The van der Waals surface area contributed by atoms with Crippen molar-refractivity contribution in [1.29, 1.82) is 0 Å². The Balaban J connectivity index is 2.19. The zero-order valence-electron chi connectivity index (χ0n) is 11.3. The molecule has 0 spiro atoms. The molecule has 0 radical (unpaired) electrons. The highest BCUT2D eigenvalue weighted by atomic mass is 35.5. The topological polar surface area (TPSA) is 29.3 Å². The van der Waals surface area contributed by atoms with E-state index in [0.29, 0.717) is 18.5 Å².